The summed E-state index contributed by atoms with van der Waals surface area (Å²) in [5, 5.41) is 3.20. The minimum Gasteiger partial charge on any atom is -0.494 e. The van der Waals surface area contributed by atoms with E-state index in [4.69, 9.17) is 4.74 Å². The molecule has 108 valence electrons. The van der Waals surface area contributed by atoms with Gasteiger partial charge in [0.15, 0.2) is 0 Å². The van der Waals surface area contributed by atoms with Crippen LogP contribution in [0.15, 0.2) is 24.3 Å². The van der Waals surface area contributed by atoms with Crippen molar-refractivity contribution >= 4 is 9.84 Å². The van der Waals surface area contributed by atoms with Crippen LogP contribution >= 0.6 is 0 Å². The van der Waals surface area contributed by atoms with Crippen molar-refractivity contribution in [1.29, 1.82) is 0 Å². The molecule has 0 aromatic heterocycles. The lowest BCUT2D eigenvalue weighted by molar-refractivity contribution is 0.317. The maximum Gasteiger partial charge on any atom is 0.148 e. The summed E-state index contributed by atoms with van der Waals surface area (Å²) in [6.07, 6.45) is 2.25. The Hall–Kier alpha value is -1.07. The molecule has 19 heavy (non-hydrogen) atoms. The maximum atomic E-state index is 11.1. The van der Waals surface area contributed by atoms with E-state index in [1.165, 1.54) is 6.26 Å². The molecule has 1 aromatic carbocycles. The predicted molar refractivity (Wildman–Crippen MR) is 78.2 cm³/mol. The van der Waals surface area contributed by atoms with Crippen LogP contribution in [0.3, 0.4) is 0 Å². The normalized spacial score (nSPS) is 13.2. The Morgan fingerprint density at radius 1 is 1.26 bits per heavy atom. The summed E-state index contributed by atoms with van der Waals surface area (Å²) in [5.41, 5.74) is 1.11. The first-order valence-corrected chi connectivity index (χ1v) is 8.59. The highest BCUT2D eigenvalue weighted by atomic mass is 32.2. The van der Waals surface area contributed by atoms with E-state index in [1.54, 1.807) is 0 Å². The van der Waals surface area contributed by atoms with Gasteiger partial charge >= 0.3 is 0 Å². The van der Waals surface area contributed by atoms with Crippen molar-refractivity contribution in [3.05, 3.63) is 29.8 Å². The molecule has 0 aliphatic rings. The maximum absolute atomic E-state index is 11.1. The van der Waals surface area contributed by atoms with Crippen LogP contribution in [-0.2, 0) is 16.4 Å². The van der Waals surface area contributed by atoms with Crippen LogP contribution in [0, 0.1) is 0 Å². The monoisotopic (exact) mass is 285 g/mol. The molecule has 0 spiro atoms. The molecule has 4 nitrogen and oxygen atoms in total. The summed E-state index contributed by atoms with van der Waals surface area (Å²) in [7, 11) is -2.93. The Balaban J connectivity index is 2.41. The predicted octanol–water partition coefficient (Wildman–Crippen LogP) is 2.00. The summed E-state index contributed by atoms with van der Waals surface area (Å²) in [4.78, 5) is 0. The zero-order valence-corrected chi connectivity index (χ0v) is 12.7. The Morgan fingerprint density at radius 2 is 1.89 bits per heavy atom. The van der Waals surface area contributed by atoms with Gasteiger partial charge in [-0.05, 0) is 31.0 Å². The first-order chi connectivity index (χ1) is 8.90. The van der Waals surface area contributed by atoms with Gasteiger partial charge in [0.25, 0.3) is 0 Å². The standard InChI is InChI=1S/C14H23NO3S/c1-4-9-18-14-7-5-13(6-8-14)10-15-12(2)11-19(3,16)17/h5-8,12,15H,4,9-11H2,1-3H3. The van der Waals surface area contributed by atoms with E-state index in [1.807, 2.05) is 31.2 Å². The SMILES string of the molecule is CCCOc1ccc(CNC(C)CS(C)(=O)=O)cc1. The molecule has 0 amide bonds. The number of benzene rings is 1. The highest BCUT2D eigenvalue weighted by molar-refractivity contribution is 7.90. The molecule has 1 atom stereocenters. The van der Waals surface area contributed by atoms with Gasteiger partial charge in [0, 0.05) is 18.8 Å². The van der Waals surface area contributed by atoms with E-state index in [9.17, 15) is 8.42 Å². The smallest absolute Gasteiger partial charge is 0.148 e. The molecule has 0 heterocycles. The highest BCUT2D eigenvalue weighted by Crippen LogP contribution is 2.12. The van der Waals surface area contributed by atoms with E-state index in [-0.39, 0.29) is 11.8 Å². The van der Waals surface area contributed by atoms with Gasteiger partial charge in [-0.2, -0.15) is 0 Å². The third-order valence-corrected chi connectivity index (χ3v) is 3.71. The minimum absolute atomic E-state index is 0.0500. The average molecular weight is 285 g/mol. The van der Waals surface area contributed by atoms with Crippen LogP contribution < -0.4 is 10.1 Å². The molecule has 1 unspecified atom stereocenters. The lowest BCUT2D eigenvalue weighted by Gasteiger charge is -2.13. The van der Waals surface area contributed by atoms with Gasteiger partial charge in [0.05, 0.1) is 12.4 Å². The van der Waals surface area contributed by atoms with E-state index >= 15 is 0 Å². The summed E-state index contributed by atoms with van der Waals surface area (Å²) in [5.74, 6) is 1.03. The van der Waals surface area contributed by atoms with Crippen LogP contribution in [0.25, 0.3) is 0 Å². The van der Waals surface area contributed by atoms with Gasteiger partial charge in [-0.25, -0.2) is 8.42 Å². The van der Waals surface area contributed by atoms with Crippen LogP contribution in [-0.4, -0.2) is 33.1 Å². The van der Waals surface area contributed by atoms with E-state index in [0.29, 0.717) is 6.54 Å². The summed E-state index contributed by atoms with van der Waals surface area (Å²) >= 11 is 0. The Kier molecular flexibility index (Phi) is 6.31. The van der Waals surface area contributed by atoms with Gasteiger partial charge in [0.2, 0.25) is 0 Å². The fraction of sp³-hybridized carbons (Fsp3) is 0.571. The quantitative estimate of drug-likeness (QED) is 0.793. The van der Waals surface area contributed by atoms with Crippen molar-refractivity contribution in [3.8, 4) is 5.75 Å². The topological polar surface area (TPSA) is 55.4 Å². The van der Waals surface area contributed by atoms with Crippen molar-refractivity contribution in [2.75, 3.05) is 18.6 Å². The van der Waals surface area contributed by atoms with Crippen LogP contribution in [0.4, 0.5) is 0 Å². The second-order valence-electron chi connectivity index (χ2n) is 4.87. The average Bonchev–Trinajstić information content (AvgIpc) is 2.33. The number of ether oxygens (including phenoxy) is 1. The van der Waals surface area contributed by atoms with Crippen LogP contribution in [0.2, 0.25) is 0 Å². The lowest BCUT2D eigenvalue weighted by Crippen LogP contribution is -2.32. The second kappa shape index (κ2) is 7.50. The molecule has 0 bridgehead atoms. The molecular weight excluding hydrogens is 262 g/mol. The zero-order valence-electron chi connectivity index (χ0n) is 11.8. The fourth-order valence-electron chi connectivity index (χ4n) is 1.73. The summed E-state index contributed by atoms with van der Waals surface area (Å²) < 4.78 is 27.8. The number of hydrogen-bond donors (Lipinski definition) is 1. The Bertz CT molecular complexity index is 468. The van der Waals surface area contributed by atoms with Crippen LogP contribution in [0.5, 0.6) is 5.75 Å². The van der Waals surface area contributed by atoms with Gasteiger partial charge in [0.1, 0.15) is 15.6 Å². The third kappa shape index (κ3) is 7.18. The number of hydrogen-bond acceptors (Lipinski definition) is 4. The Morgan fingerprint density at radius 3 is 2.42 bits per heavy atom. The largest absolute Gasteiger partial charge is 0.494 e. The molecule has 1 N–H and O–H groups in total. The molecular formula is C14H23NO3S. The van der Waals surface area contributed by atoms with E-state index in [2.05, 4.69) is 12.2 Å². The second-order valence-corrected chi connectivity index (χ2v) is 7.05. The first-order valence-electron chi connectivity index (χ1n) is 6.53. The molecule has 1 aromatic rings. The van der Waals surface area contributed by atoms with E-state index < -0.39 is 9.84 Å². The minimum atomic E-state index is -2.93. The van der Waals surface area contributed by atoms with Crippen molar-refractivity contribution in [2.45, 2.75) is 32.9 Å². The molecule has 0 fully saturated rings. The molecule has 0 saturated carbocycles. The summed E-state index contributed by atoms with van der Waals surface area (Å²) in [6.45, 7) is 5.33. The van der Waals surface area contributed by atoms with Gasteiger partial charge in [-0.1, -0.05) is 19.1 Å². The molecule has 0 aliphatic heterocycles. The van der Waals surface area contributed by atoms with Gasteiger partial charge in [-0.3, -0.25) is 0 Å². The van der Waals surface area contributed by atoms with E-state index in [0.717, 1.165) is 24.3 Å². The number of nitrogens with one attached hydrogen (secondary N) is 1. The first kappa shape index (κ1) is 16.0. The number of sulfone groups is 1. The highest BCUT2D eigenvalue weighted by Gasteiger charge is 2.09. The van der Waals surface area contributed by atoms with Crippen molar-refractivity contribution in [2.24, 2.45) is 0 Å². The number of rotatable bonds is 8. The molecule has 0 radical (unpaired) electrons. The molecule has 1 rings (SSSR count). The lowest BCUT2D eigenvalue weighted by atomic mass is 10.2. The zero-order chi connectivity index (χ0) is 14.3. The third-order valence-electron chi connectivity index (χ3n) is 2.60. The van der Waals surface area contributed by atoms with Crippen molar-refractivity contribution in [1.82, 2.24) is 5.32 Å². The molecule has 0 aliphatic carbocycles. The van der Waals surface area contributed by atoms with Crippen molar-refractivity contribution in [3.63, 3.8) is 0 Å². The van der Waals surface area contributed by atoms with Gasteiger partial charge in [-0.15, -0.1) is 0 Å². The summed E-state index contributed by atoms with van der Waals surface area (Å²) in [6, 6.07) is 7.81. The molecule has 0 saturated heterocycles. The van der Waals surface area contributed by atoms with Crippen LogP contribution in [0.1, 0.15) is 25.8 Å². The van der Waals surface area contributed by atoms with Crippen molar-refractivity contribution < 1.29 is 13.2 Å². The molecule has 5 heteroatoms. The Labute approximate surface area is 116 Å². The fourth-order valence-corrected chi connectivity index (χ4v) is 2.75. The van der Waals surface area contributed by atoms with Gasteiger partial charge < -0.3 is 10.1 Å².